The third kappa shape index (κ3) is 4.69. The lowest BCUT2D eigenvalue weighted by Gasteiger charge is -2.35. The van der Waals surface area contributed by atoms with Gasteiger partial charge in [-0.05, 0) is 12.0 Å². The number of hydrogen-bond acceptors (Lipinski definition) is 4. The highest BCUT2D eigenvalue weighted by Gasteiger charge is 2.29. The van der Waals surface area contributed by atoms with E-state index < -0.39 is 6.04 Å². The predicted octanol–water partition coefficient (Wildman–Crippen LogP) is 0.906. The number of amides is 1. The SMILES string of the molecule is CCC(C)C(N)C(=O)N1CCOC(Cn2cccn2)C1.Cl. The minimum atomic E-state index is -0.413. The van der Waals surface area contributed by atoms with E-state index in [-0.39, 0.29) is 30.3 Å². The summed E-state index contributed by atoms with van der Waals surface area (Å²) in [7, 11) is 0. The van der Waals surface area contributed by atoms with Crippen molar-refractivity contribution in [1.82, 2.24) is 14.7 Å². The fraction of sp³-hybridized carbons (Fsp3) is 0.714. The van der Waals surface area contributed by atoms with Crippen LogP contribution in [0.15, 0.2) is 18.5 Å². The molecule has 0 aromatic carbocycles. The molecule has 21 heavy (non-hydrogen) atoms. The van der Waals surface area contributed by atoms with Gasteiger partial charge >= 0.3 is 0 Å². The van der Waals surface area contributed by atoms with Gasteiger partial charge in [0.2, 0.25) is 5.91 Å². The van der Waals surface area contributed by atoms with Crippen LogP contribution < -0.4 is 5.73 Å². The molecule has 7 heteroatoms. The van der Waals surface area contributed by atoms with Gasteiger partial charge in [0.05, 0.1) is 25.3 Å². The summed E-state index contributed by atoms with van der Waals surface area (Å²) in [5.41, 5.74) is 6.03. The number of morpholine rings is 1. The van der Waals surface area contributed by atoms with Crippen molar-refractivity contribution in [3.8, 4) is 0 Å². The van der Waals surface area contributed by atoms with Crippen molar-refractivity contribution in [2.45, 2.75) is 39.0 Å². The molecule has 120 valence electrons. The lowest BCUT2D eigenvalue weighted by molar-refractivity contribution is -0.141. The summed E-state index contributed by atoms with van der Waals surface area (Å²) >= 11 is 0. The predicted molar refractivity (Wildman–Crippen MR) is 83.2 cm³/mol. The van der Waals surface area contributed by atoms with E-state index in [0.29, 0.717) is 26.2 Å². The molecule has 1 fully saturated rings. The summed E-state index contributed by atoms with van der Waals surface area (Å²) in [6, 6.07) is 1.47. The minimum Gasteiger partial charge on any atom is -0.373 e. The zero-order chi connectivity index (χ0) is 14.5. The molecule has 0 bridgehead atoms. The third-order valence-corrected chi connectivity index (χ3v) is 3.94. The average molecular weight is 317 g/mol. The number of nitrogens with two attached hydrogens (primary N) is 1. The molecule has 0 saturated carbocycles. The van der Waals surface area contributed by atoms with Crippen LogP contribution in [0, 0.1) is 5.92 Å². The molecule has 1 amide bonds. The molecule has 1 aliphatic rings. The van der Waals surface area contributed by atoms with Gasteiger partial charge in [-0.25, -0.2) is 0 Å². The van der Waals surface area contributed by atoms with E-state index >= 15 is 0 Å². The molecule has 1 aliphatic heterocycles. The number of rotatable bonds is 5. The van der Waals surface area contributed by atoms with Crippen molar-refractivity contribution in [1.29, 1.82) is 0 Å². The first-order valence-electron chi connectivity index (χ1n) is 7.25. The molecule has 1 aromatic rings. The minimum absolute atomic E-state index is 0. The summed E-state index contributed by atoms with van der Waals surface area (Å²) in [5.74, 6) is 0.239. The lowest BCUT2D eigenvalue weighted by Crippen LogP contribution is -2.53. The Morgan fingerprint density at radius 3 is 2.95 bits per heavy atom. The summed E-state index contributed by atoms with van der Waals surface area (Å²) in [6.07, 6.45) is 4.53. The second kappa shape index (κ2) is 8.36. The standard InChI is InChI=1S/C14H24N4O2.ClH/c1-3-11(2)13(15)14(19)17-7-8-20-12(9-17)10-18-6-4-5-16-18;/h4-6,11-13H,3,7-10,15H2,1-2H3;1H. The molecular formula is C14H25ClN4O2. The Bertz CT molecular complexity index is 427. The Hall–Kier alpha value is -1.11. The third-order valence-electron chi connectivity index (χ3n) is 3.94. The highest BCUT2D eigenvalue weighted by Crippen LogP contribution is 2.13. The van der Waals surface area contributed by atoms with Crippen molar-refractivity contribution in [2.75, 3.05) is 19.7 Å². The summed E-state index contributed by atoms with van der Waals surface area (Å²) in [5, 5.41) is 4.17. The molecule has 2 heterocycles. The number of nitrogens with zero attached hydrogens (tertiary/aromatic N) is 3. The van der Waals surface area contributed by atoms with E-state index in [0.717, 1.165) is 6.42 Å². The molecule has 6 nitrogen and oxygen atoms in total. The molecule has 1 aromatic heterocycles. The van der Waals surface area contributed by atoms with Gasteiger partial charge in [0.15, 0.2) is 0 Å². The van der Waals surface area contributed by atoms with Gasteiger partial charge in [0.1, 0.15) is 0 Å². The number of aromatic nitrogens is 2. The van der Waals surface area contributed by atoms with Crippen molar-refractivity contribution in [3.63, 3.8) is 0 Å². The van der Waals surface area contributed by atoms with Crippen LogP contribution in [0.25, 0.3) is 0 Å². The second-order valence-electron chi connectivity index (χ2n) is 5.42. The first-order valence-corrected chi connectivity index (χ1v) is 7.25. The molecule has 1 saturated heterocycles. The van der Waals surface area contributed by atoms with E-state index in [9.17, 15) is 4.79 Å². The Kier molecular flexibility index (Phi) is 7.14. The van der Waals surface area contributed by atoms with Gasteiger partial charge in [0, 0.05) is 25.5 Å². The van der Waals surface area contributed by atoms with Crippen molar-refractivity contribution < 1.29 is 9.53 Å². The van der Waals surface area contributed by atoms with E-state index in [1.807, 2.05) is 28.8 Å². The summed E-state index contributed by atoms with van der Waals surface area (Å²) in [6.45, 7) is 6.50. The molecule has 0 aliphatic carbocycles. The highest BCUT2D eigenvalue weighted by molar-refractivity contribution is 5.85. The zero-order valence-electron chi connectivity index (χ0n) is 12.6. The number of carbonyl (C=O) groups excluding carboxylic acids is 1. The molecule has 3 unspecified atom stereocenters. The van der Waals surface area contributed by atoms with Gasteiger partial charge in [-0.2, -0.15) is 5.10 Å². The molecular weight excluding hydrogens is 292 g/mol. The Morgan fingerprint density at radius 1 is 1.57 bits per heavy atom. The maximum atomic E-state index is 12.4. The quantitative estimate of drug-likeness (QED) is 0.876. The molecule has 0 spiro atoms. The van der Waals surface area contributed by atoms with Crippen molar-refractivity contribution in [3.05, 3.63) is 18.5 Å². The maximum Gasteiger partial charge on any atom is 0.239 e. The largest absolute Gasteiger partial charge is 0.373 e. The summed E-state index contributed by atoms with van der Waals surface area (Å²) in [4.78, 5) is 14.2. The second-order valence-corrected chi connectivity index (χ2v) is 5.42. The lowest BCUT2D eigenvalue weighted by atomic mass is 9.98. The maximum absolute atomic E-state index is 12.4. The molecule has 3 atom stereocenters. The van der Waals surface area contributed by atoms with Gasteiger partial charge in [-0.1, -0.05) is 20.3 Å². The van der Waals surface area contributed by atoms with Crippen LogP contribution in [0.4, 0.5) is 0 Å². The number of halogens is 1. The van der Waals surface area contributed by atoms with Crippen LogP contribution in [-0.4, -0.2) is 52.4 Å². The first-order chi connectivity index (χ1) is 9.61. The molecule has 2 rings (SSSR count). The normalized spacial score (nSPS) is 21.5. The van der Waals surface area contributed by atoms with Gasteiger partial charge < -0.3 is 15.4 Å². The Morgan fingerprint density at radius 2 is 2.33 bits per heavy atom. The molecule has 0 radical (unpaired) electrons. The van der Waals surface area contributed by atoms with Gasteiger partial charge in [0.25, 0.3) is 0 Å². The van der Waals surface area contributed by atoms with E-state index in [2.05, 4.69) is 12.0 Å². The van der Waals surface area contributed by atoms with Crippen LogP contribution in [-0.2, 0) is 16.1 Å². The van der Waals surface area contributed by atoms with E-state index in [1.165, 1.54) is 0 Å². The van der Waals surface area contributed by atoms with Crippen LogP contribution in [0.2, 0.25) is 0 Å². The highest BCUT2D eigenvalue weighted by atomic mass is 35.5. The Labute approximate surface area is 132 Å². The number of ether oxygens (including phenoxy) is 1. The fourth-order valence-electron chi connectivity index (χ4n) is 2.36. The van der Waals surface area contributed by atoms with Gasteiger partial charge in [-0.15, -0.1) is 12.4 Å². The van der Waals surface area contributed by atoms with E-state index in [4.69, 9.17) is 10.5 Å². The van der Waals surface area contributed by atoms with Crippen LogP contribution >= 0.6 is 12.4 Å². The fourth-order valence-corrected chi connectivity index (χ4v) is 2.36. The van der Waals surface area contributed by atoms with Crippen molar-refractivity contribution >= 4 is 18.3 Å². The van der Waals surface area contributed by atoms with Gasteiger partial charge in [-0.3, -0.25) is 9.48 Å². The smallest absolute Gasteiger partial charge is 0.239 e. The van der Waals surface area contributed by atoms with Crippen LogP contribution in [0.5, 0.6) is 0 Å². The van der Waals surface area contributed by atoms with Crippen LogP contribution in [0.3, 0.4) is 0 Å². The number of carbonyl (C=O) groups is 1. The summed E-state index contributed by atoms with van der Waals surface area (Å²) < 4.78 is 7.53. The Balaban J connectivity index is 0.00000220. The van der Waals surface area contributed by atoms with Crippen LogP contribution in [0.1, 0.15) is 20.3 Å². The first kappa shape index (κ1) is 17.9. The monoisotopic (exact) mass is 316 g/mol. The topological polar surface area (TPSA) is 73.4 Å². The zero-order valence-corrected chi connectivity index (χ0v) is 13.5. The number of hydrogen-bond donors (Lipinski definition) is 1. The average Bonchev–Trinajstić information content (AvgIpc) is 2.98. The molecule has 2 N–H and O–H groups in total. The van der Waals surface area contributed by atoms with E-state index in [1.54, 1.807) is 6.20 Å². The van der Waals surface area contributed by atoms with Crippen molar-refractivity contribution in [2.24, 2.45) is 11.7 Å².